The zero-order valence-corrected chi connectivity index (χ0v) is 8.92. The molecule has 5 heteroatoms. The molecule has 1 saturated heterocycles. The van der Waals surface area contributed by atoms with Crippen molar-refractivity contribution >= 4 is 9.84 Å². The quantitative estimate of drug-likeness (QED) is 0.765. The number of hydrogen-bond donors (Lipinski definition) is 1. The first-order valence-corrected chi connectivity index (χ1v) is 6.43. The predicted molar refractivity (Wildman–Crippen MR) is 54.7 cm³/mol. The van der Waals surface area contributed by atoms with Crippen LogP contribution in [0.25, 0.3) is 0 Å². The maximum atomic E-state index is 10.9. The van der Waals surface area contributed by atoms with Crippen LogP contribution in [0.1, 0.15) is 5.69 Å². The fourth-order valence-electron chi connectivity index (χ4n) is 1.61. The van der Waals surface area contributed by atoms with Gasteiger partial charge in [0, 0.05) is 31.5 Å². The minimum absolute atomic E-state index is 0.148. The van der Waals surface area contributed by atoms with Crippen molar-refractivity contribution in [2.24, 2.45) is 7.05 Å². The summed E-state index contributed by atoms with van der Waals surface area (Å²) in [5.74, 6) is 0.578. The first-order chi connectivity index (χ1) is 6.57. The molecule has 0 atom stereocenters. The van der Waals surface area contributed by atoms with E-state index in [0.29, 0.717) is 0 Å². The third-order valence-electron chi connectivity index (χ3n) is 2.53. The zero-order valence-electron chi connectivity index (χ0n) is 8.10. The second-order valence-corrected chi connectivity index (χ2v) is 5.92. The number of aromatic nitrogens is 1. The van der Waals surface area contributed by atoms with Crippen LogP contribution in [0.2, 0.25) is 0 Å². The molecule has 1 aliphatic rings. The van der Waals surface area contributed by atoms with Crippen LogP contribution in [0.3, 0.4) is 0 Å². The molecule has 4 nitrogen and oxygen atoms in total. The van der Waals surface area contributed by atoms with E-state index in [4.69, 9.17) is 0 Å². The number of hydrogen-bond acceptors (Lipinski definition) is 3. The fourth-order valence-corrected chi connectivity index (χ4v) is 2.98. The summed E-state index contributed by atoms with van der Waals surface area (Å²) in [6, 6.07) is 4.16. The van der Waals surface area contributed by atoms with Gasteiger partial charge in [0.05, 0.1) is 11.5 Å². The Morgan fingerprint density at radius 2 is 2.29 bits per heavy atom. The van der Waals surface area contributed by atoms with Gasteiger partial charge in [0.15, 0.2) is 9.84 Å². The van der Waals surface area contributed by atoms with Gasteiger partial charge in [-0.3, -0.25) is 0 Å². The predicted octanol–water partition coefficient (Wildman–Crippen LogP) is -0.0883. The molecule has 1 fully saturated rings. The number of nitrogens with zero attached hydrogens (tertiary/aromatic N) is 1. The molecule has 14 heavy (non-hydrogen) atoms. The summed E-state index contributed by atoms with van der Waals surface area (Å²) in [6.45, 7) is 0.740. The Bertz CT molecular complexity index is 410. The molecule has 1 aromatic heterocycles. The zero-order chi connectivity index (χ0) is 10.2. The molecule has 0 bridgehead atoms. The molecule has 0 radical (unpaired) electrons. The molecule has 1 aromatic rings. The number of aryl methyl sites for hydroxylation is 1. The SMILES string of the molecule is Cn1cccc1CNC1CS(=O)(=O)C1. The molecule has 1 N–H and O–H groups in total. The van der Waals surface area contributed by atoms with Crippen LogP contribution >= 0.6 is 0 Å². The Morgan fingerprint density at radius 1 is 1.57 bits per heavy atom. The van der Waals surface area contributed by atoms with Crippen LogP contribution in [0.4, 0.5) is 0 Å². The lowest BCUT2D eigenvalue weighted by Gasteiger charge is -2.26. The van der Waals surface area contributed by atoms with E-state index in [-0.39, 0.29) is 17.5 Å². The Morgan fingerprint density at radius 3 is 2.79 bits per heavy atom. The number of nitrogens with one attached hydrogen (secondary N) is 1. The number of rotatable bonds is 3. The molecule has 1 aliphatic heterocycles. The molecule has 0 aliphatic carbocycles. The Hall–Kier alpha value is -0.810. The highest BCUT2D eigenvalue weighted by Crippen LogP contribution is 2.11. The highest BCUT2D eigenvalue weighted by molar-refractivity contribution is 7.92. The highest BCUT2D eigenvalue weighted by Gasteiger charge is 2.32. The third-order valence-corrected chi connectivity index (χ3v) is 4.35. The minimum Gasteiger partial charge on any atom is -0.353 e. The maximum absolute atomic E-state index is 10.9. The van der Waals surface area contributed by atoms with E-state index in [1.165, 1.54) is 5.69 Å². The summed E-state index contributed by atoms with van der Waals surface area (Å²) in [4.78, 5) is 0. The van der Waals surface area contributed by atoms with E-state index in [2.05, 4.69) is 5.32 Å². The van der Waals surface area contributed by atoms with Crippen LogP contribution in [-0.2, 0) is 23.4 Å². The molecule has 2 heterocycles. The molecule has 0 amide bonds. The fraction of sp³-hybridized carbons (Fsp3) is 0.556. The normalized spacial score (nSPS) is 20.6. The average molecular weight is 214 g/mol. The second kappa shape index (κ2) is 3.40. The van der Waals surface area contributed by atoms with Gasteiger partial charge in [0.25, 0.3) is 0 Å². The lowest BCUT2D eigenvalue weighted by molar-refractivity contribution is 0.505. The molecule has 0 unspecified atom stereocenters. The maximum Gasteiger partial charge on any atom is 0.153 e. The molecular weight excluding hydrogens is 200 g/mol. The Kier molecular flexibility index (Phi) is 2.36. The van der Waals surface area contributed by atoms with Crippen LogP contribution < -0.4 is 5.32 Å². The van der Waals surface area contributed by atoms with Crippen molar-refractivity contribution in [1.29, 1.82) is 0 Å². The van der Waals surface area contributed by atoms with Gasteiger partial charge in [-0.15, -0.1) is 0 Å². The van der Waals surface area contributed by atoms with E-state index in [0.717, 1.165) is 6.54 Å². The molecule has 0 saturated carbocycles. The van der Waals surface area contributed by atoms with Crippen molar-refractivity contribution < 1.29 is 8.42 Å². The van der Waals surface area contributed by atoms with Crippen LogP contribution in [-0.4, -0.2) is 30.5 Å². The van der Waals surface area contributed by atoms with Crippen LogP contribution in [0, 0.1) is 0 Å². The van der Waals surface area contributed by atoms with Crippen molar-refractivity contribution in [2.45, 2.75) is 12.6 Å². The van der Waals surface area contributed by atoms with Crippen molar-refractivity contribution in [3.05, 3.63) is 24.0 Å². The van der Waals surface area contributed by atoms with Gasteiger partial charge in [0.2, 0.25) is 0 Å². The largest absolute Gasteiger partial charge is 0.353 e. The Labute approximate surface area is 83.8 Å². The third kappa shape index (κ3) is 1.99. The second-order valence-electron chi connectivity index (χ2n) is 3.77. The molecule has 0 spiro atoms. The smallest absolute Gasteiger partial charge is 0.153 e. The molecular formula is C9H14N2O2S. The first kappa shape index (κ1) is 9.73. The molecule has 78 valence electrons. The van der Waals surface area contributed by atoms with Gasteiger partial charge in [-0.25, -0.2) is 8.42 Å². The monoisotopic (exact) mass is 214 g/mol. The van der Waals surface area contributed by atoms with E-state index < -0.39 is 9.84 Å². The first-order valence-electron chi connectivity index (χ1n) is 4.61. The lowest BCUT2D eigenvalue weighted by atomic mass is 10.3. The van der Waals surface area contributed by atoms with Gasteiger partial charge in [-0.2, -0.15) is 0 Å². The van der Waals surface area contributed by atoms with Gasteiger partial charge in [-0.1, -0.05) is 0 Å². The van der Waals surface area contributed by atoms with E-state index >= 15 is 0 Å². The summed E-state index contributed by atoms with van der Waals surface area (Å²) >= 11 is 0. The van der Waals surface area contributed by atoms with Gasteiger partial charge >= 0.3 is 0 Å². The minimum atomic E-state index is -2.70. The summed E-state index contributed by atoms with van der Waals surface area (Å²) in [5, 5.41) is 3.22. The van der Waals surface area contributed by atoms with Crippen molar-refractivity contribution in [3.8, 4) is 0 Å². The molecule has 2 rings (SSSR count). The van der Waals surface area contributed by atoms with Gasteiger partial charge in [-0.05, 0) is 12.1 Å². The van der Waals surface area contributed by atoms with E-state index in [1.807, 2.05) is 29.9 Å². The summed E-state index contributed by atoms with van der Waals surface area (Å²) in [6.07, 6.45) is 1.98. The van der Waals surface area contributed by atoms with Crippen LogP contribution in [0.15, 0.2) is 18.3 Å². The lowest BCUT2D eigenvalue weighted by Crippen LogP contribution is -2.50. The number of sulfone groups is 1. The summed E-state index contributed by atoms with van der Waals surface area (Å²) in [7, 11) is -0.720. The summed E-state index contributed by atoms with van der Waals surface area (Å²) in [5.41, 5.74) is 1.18. The van der Waals surface area contributed by atoms with Crippen LogP contribution in [0.5, 0.6) is 0 Å². The van der Waals surface area contributed by atoms with Gasteiger partial charge < -0.3 is 9.88 Å². The van der Waals surface area contributed by atoms with Crippen molar-refractivity contribution in [1.82, 2.24) is 9.88 Å². The Balaban J connectivity index is 1.82. The van der Waals surface area contributed by atoms with Crippen molar-refractivity contribution in [2.75, 3.05) is 11.5 Å². The highest BCUT2D eigenvalue weighted by atomic mass is 32.2. The standard InChI is InChI=1S/C9H14N2O2S/c1-11-4-2-3-9(11)5-10-8-6-14(12,13)7-8/h2-4,8,10H,5-7H2,1H3. The van der Waals surface area contributed by atoms with E-state index in [9.17, 15) is 8.42 Å². The van der Waals surface area contributed by atoms with Gasteiger partial charge in [0.1, 0.15) is 0 Å². The summed E-state index contributed by atoms with van der Waals surface area (Å²) < 4.78 is 23.8. The molecule has 0 aromatic carbocycles. The van der Waals surface area contributed by atoms with E-state index in [1.54, 1.807) is 0 Å². The average Bonchev–Trinajstić information content (AvgIpc) is 2.44. The van der Waals surface area contributed by atoms with Crippen molar-refractivity contribution in [3.63, 3.8) is 0 Å². The topological polar surface area (TPSA) is 51.1 Å².